The van der Waals surface area contributed by atoms with Gasteiger partial charge in [0, 0.05) is 19.4 Å². The smallest absolute Gasteiger partial charge is 0.339 e. The SMILES string of the molecule is CC(=O)NC1=NN(C(C)=O)[C@H](c2ccccc2OS(=O)(=O)c2ccc(C)cc2)S1. The fraction of sp³-hybridized carbons (Fsp3) is 0.211. The molecule has 1 aliphatic heterocycles. The molecule has 8 nitrogen and oxygen atoms in total. The summed E-state index contributed by atoms with van der Waals surface area (Å²) in [5, 5.41) is 7.40. The van der Waals surface area contributed by atoms with Gasteiger partial charge in [-0.3, -0.25) is 9.59 Å². The number of amides is 2. The standard InChI is InChI=1S/C19H19N3O5S2/c1-12-8-10-15(11-9-12)29(25,26)27-17-7-5-4-6-16(17)18-22(14(3)24)21-19(28-18)20-13(2)23/h4-11,18H,1-3H3,(H,20,21,23)/t18-/m0/s1. The van der Waals surface area contributed by atoms with Crippen LogP contribution < -0.4 is 9.50 Å². The van der Waals surface area contributed by atoms with Gasteiger partial charge in [0.15, 0.2) is 5.17 Å². The van der Waals surface area contributed by atoms with E-state index in [9.17, 15) is 18.0 Å². The first-order valence-corrected chi connectivity index (χ1v) is 10.9. The highest BCUT2D eigenvalue weighted by atomic mass is 32.2. The third-order valence-corrected chi connectivity index (χ3v) is 6.28. The third kappa shape index (κ3) is 4.77. The number of carbonyl (C=O) groups excluding carboxylic acids is 2. The summed E-state index contributed by atoms with van der Waals surface area (Å²) in [6.45, 7) is 4.52. The summed E-state index contributed by atoms with van der Waals surface area (Å²) in [5.74, 6) is -0.609. The first-order chi connectivity index (χ1) is 13.7. The third-order valence-electron chi connectivity index (χ3n) is 3.94. The van der Waals surface area contributed by atoms with Gasteiger partial charge in [0.05, 0.1) is 0 Å². The van der Waals surface area contributed by atoms with E-state index in [1.165, 1.54) is 37.1 Å². The first-order valence-electron chi connectivity index (χ1n) is 8.60. The number of hydrogen-bond acceptors (Lipinski definition) is 7. The highest BCUT2D eigenvalue weighted by Gasteiger charge is 2.35. The Morgan fingerprint density at radius 1 is 1.10 bits per heavy atom. The van der Waals surface area contributed by atoms with Crippen LogP contribution in [0.25, 0.3) is 0 Å². The number of para-hydroxylation sites is 1. The van der Waals surface area contributed by atoms with Gasteiger partial charge in [-0.05, 0) is 25.1 Å². The van der Waals surface area contributed by atoms with Crippen molar-refractivity contribution in [3.8, 4) is 5.75 Å². The van der Waals surface area contributed by atoms with Crippen molar-refractivity contribution in [2.45, 2.75) is 31.0 Å². The van der Waals surface area contributed by atoms with Crippen LogP contribution in [0, 0.1) is 6.92 Å². The minimum absolute atomic E-state index is 0.0237. The van der Waals surface area contributed by atoms with E-state index in [-0.39, 0.29) is 27.6 Å². The maximum absolute atomic E-state index is 12.7. The molecule has 1 N–H and O–H groups in total. The van der Waals surface area contributed by atoms with E-state index in [4.69, 9.17) is 4.18 Å². The van der Waals surface area contributed by atoms with Gasteiger partial charge in [-0.2, -0.15) is 8.42 Å². The molecule has 0 radical (unpaired) electrons. The predicted molar refractivity (Wildman–Crippen MR) is 110 cm³/mol. The summed E-state index contributed by atoms with van der Waals surface area (Å²) >= 11 is 1.11. The van der Waals surface area contributed by atoms with Gasteiger partial charge in [-0.1, -0.05) is 47.7 Å². The molecule has 0 bridgehead atoms. The van der Waals surface area contributed by atoms with Crippen LogP contribution in [0.5, 0.6) is 5.75 Å². The zero-order valence-electron chi connectivity index (χ0n) is 15.9. The Labute approximate surface area is 173 Å². The van der Waals surface area contributed by atoms with E-state index in [1.54, 1.807) is 30.3 Å². The number of nitrogens with zero attached hydrogens (tertiary/aromatic N) is 2. The van der Waals surface area contributed by atoms with Gasteiger partial charge in [-0.15, -0.1) is 5.10 Å². The number of carbonyl (C=O) groups is 2. The van der Waals surface area contributed by atoms with Crippen LogP contribution in [0.15, 0.2) is 58.5 Å². The fourth-order valence-electron chi connectivity index (χ4n) is 2.60. The van der Waals surface area contributed by atoms with Crippen molar-refractivity contribution in [2.75, 3.05) is 0 Å². The van der Waals surface area contributed by atoms with E-state index >= 15 is 0 Å². The molecule has 2 aromatic carbocycles. The molecule has 152 valence electrons. The summed E-state index contributed by atoms with van der Waals surface area (Å²) < 4.78 is 30.8. The van der Waals surface area contributed by atoms with Gasteiger partial charge >= 0.3 is 10.1 Å². The zero-order chi connectivity index (χ0) is 21.2. The number of hydrogen-bond donors (Lipinski definition) is 1. The quantitative estimate of drug-likeness (QED) is 0.744. The average molecular weight is 434 g/mol. The van der Waals surface area contributed by atoms with Crippen LogP contribution in [0.2, 0.25) is 0 Å². The van der Waals surface area contributed by atoms with E-state index in [2.05, 4.69) is 10.4 Å². The predicted octanol–water partition coefficient (Wildman–Crippen LogP) is 2.76. The molecule has 2 aromatic rings. The monoisotopic (exact) mass is 433 g/mol. The zero-order valence-corrected chi connectivity index (χ0v) is 17.6. The number of benzene rings is 2. The molecule has 1 aliphatic rings. The number of hydrazone groups is 1. The maximum Gasteiger partial charge on any atom is 0.339 e. The lowest BCUT2D eigenvalue weighted by Gasteiger charge is -2.21. The second-order valence-electron chi connectivity index (χ2n) is 6.31. The lowest BCUT2D eigenvalue weighted by Crippen LogP contribution is -2.25. The topological polar surface area (TPSA) is 105 Å². The molecule has 0 fully saturated rings. The van der Waals surface area contributed by atoms with Gasteiger partial charge < -0.3 is 9.50 Å². The highest BCUT2D eigenvalue weighted by molar-refractivity contribution is 8.14. The normalized spacial score (nSPS) is 16.3. The van der Waals surface area contributed by atoms with E-state index in [0.717, 1.165) is 17.3 Å². The summed E-state index contributed by atoms with van der Waals surface area (Å²) in [6, 6.07) is 12.8. The van der Waals surface area contributed by atoms with Gasteiger partial charge in [0.2, 0.25) is 11.8 Å². The van der Waals surface area contributed by atoms with Crippen molar-refractivity contribution >= 4 is 38.9 Å². The Kier molecular flexibility index (Phi) is 5.94. The summed E-state index contributed by atoms with van der Waals surface area (Å²) in [5.41, 5.74) is 1.36. The lowest BCUT2D eigenvalue weighted by atomic mass is 10.2. The molecule has 0 spiro atoms. The molecule has 29 heavy (non-hydrogen) atoms. The Morgan fingerprint density at radius 2 is 1.76 bits per heavy atom. The van der Waals surface area contributed by atoms with Crippen LogP contribution in [0.4, 0.5) is 0 Å². The highest BCUT2D eigenvalue weighted by Crippen LogP contribution is 2.43. The molecular weight excluding hydrogens is 414 g/mol. The van der Waals surface area contributed by atoms with Gasteiger partial charge in [0.25, 0.3) is 0 Å². The molecule has 0 aromatic heterocycles. The van der Waals surface area contributed by atoms with Crippen molar-refractivity contribution in [1.82, 2.24) is 10.3 Å². The Balaban J connectivity index is 1.94. The molecule has 0 saturated heterocycles. The van der Waals surface area contributed by atoms with E-state index < -0.39 is 15.5 Å². The summed E-state index contributed by atoms with van der Waals surface area (Å²) in [7, 11) is -4.07. The van der Waals surface area contributed by atoms with Crippen molar-refractivity contribution in [1.29, 1.82) is 0 Å². The number of rotatable bonds is 4. The van der Waals surface area contributed by atoms with Crippen LogP contribution in [0.3, 0.4) is 0 Å². The minimum Gasteiger partial charge on any atom is -0.379 e. The maximum atomic E-state index is 12.7. The fourth-order valence-corrected chi connectivity index (χ4v) is 4.72. The first kappa shape index (κ1) is 20.9. The number of thioether (sulfide) groups is 1. The van der Waals surface area contributed by atoms with Crippen molar-refractivity contribution < 1.29 is 22.2 Å². The van der Waals surface area contributed by atoms with Crippen LogP contribution in [0.1, 0.15) is 30.3 Å². The molecule has 1 heterocycles. The van der Waals surface area contributed by atoms with E-state index in [1.807, 2.05) is 6.92 Å². The van der Waals surface area contributed by atoms with Crippen molar-refractivity contribution in [2.24, 2.45) is 5.10 Å². The van der Waals surface area contributed by atoms with Crippen LogP contribution in [-0.2, 0) is 19.7 Å². The molecule has 3 rings (SSSR count). The van der Waals surface area contributed by atoms with Crippen molar-refractivity contribution in [3.05, 3.63) is 59.7 Å². The lowest BCUT2D eigenvalue weighted by molar-refractivity contribution is -0.129. The van der Waals surface area contributed by atoms with Gasteiger partial charge in [-0.25, -0.2) is 5.01 Å². The molecule has 2 amide bonds. The van der Waals surface area contributed by atoms with Crippen molar-refractivity contribution in [3.63, 3.8) is 0 Å². The van der Waals surface area contributed by atoms with E-state index in [0.29, 0.717) is 5.56 Å². The molecular formula is C19H19N3O5S2. The number of aryl methyl sites for hydroxylation is 1. The van der Waals surface area contributed by atoms with Crippen LogP contribution >= 0.6 is 11.8 Å². The van der Waals surface area contributed by atoms with Gasteiger partial charge in [0.1, 0.15) is 16.0 Å². The number of amidine groups is 1. The Morgan fingerprint density at radius 3 is 2.38 bits per heavy atom. The number of nitrogens with one attached hydrogen (secondary N) is 1. The second-order valence-corrected chi connectivity index (χ2v) is 8.92. The Hall–Kier alpha value is -2.85. The second kappa shape index (κ2) is 8.26. The molecule has 0 aliphatic carbocycles. The molecule has 0 unspecified atom stereocenters. The minimum atomic E-state index is -4.07. The largest absolute Gasteiger partial charge is 0.379 e. The average Bonchev–Trinajstić information content (AvgIpc) is 3.05. The Bertz CT molecular complexity index is 1080. The molecule has 1 atom stereocenters. The summed E-state index contributed by atoms with van der Waals surface area (Å²) in [4.78, 5) is 23.4. The van der Waals surface area contributed by atoms with Crippen LogP contribution in [-0.4, -0.2) is 30.4 Å². The molecule has 0 saturated carbocycles. The molecule has 10 heteroatoms. The summed E-state index contributed by atoms with van der Waals surface area (Å²) in [6.07, 6.45) is 0.